The van der Waals surface area contributed by atoms with Gasteiger partial charge in [0.1, 0.15) is 4.70 Å². The summed E-state index contributed by atoms with van der Waals surface area (Å²) in [6.07, 6.45) is 5.05. The maximum Gasteiger partial charge on any atom is 0.370 e. The number of para-hydroxylation sites is 2. The molecule has 154 valence electrons. The van der Waals surface area contributed by atoms with E-state index in [1.54, 1.807) is 23.1 Å². The van der Waals surface area contributed by atoms with Gasteiger partial charge in [0, 0.05) is 23.6 Å². The van der Waals surface area contributed by atoms with E-state index in [9.17, 15) is 15.0 Å². The zero-order valence-electron chi connectivity index (χ0n) is 16.6. The minimum Gasteiger partial charge on any atom is -0.477 e. The lowest BCUT2D eigenvalue weighted by Gasteiger charge is -2.19. The monoisotopic (exact) mass is 439 g/mol. The molecule has 0 atom stereocenters. The van der Waals surface area contributed by atoms with Crippen molar-refractivity contribution in [2.24, 2.45) is 0 Å². The minimum absolute atomic E-state index is 0.0692. The highest BCUT2D eigenvalue weighted by atomic mass is 32.2. The van der Waals surface area contributed by atoms with Crippen LogP contribution in [0, 0.1) is 0 Å². The van der Waals surface area contributed by atoms with Crippen LogP contribution in [-0.2, 0) is 11.3 Å². The number of aromatic nitrogens is 1. The van der Waals surface area contributed by atoms with Gasteiger partial charge in [0.2, 0.25) is 12.1 Å². The second kappa shape index (κ2) is 9.04. The van der Waals surface area contributed by atoms with Crippen molar-refractivity contribution in [1.29, 1.82) is 0 Å². The number of carboxylic acid groups (broad SMARTS) is 1. The van der Waals surface area contributed by atoms with Gasteiger partial charge in [0.05, 0.1) is 17.3 Å². The summed E-state index contributed by atoms with van der Waals surface area (Å²) in [6, 6.07) is 16.1. The Morgan fingerprint density at radius 3 is 2.70 bits per heavy atom. The topological polar surface area (TPSA) is 64.7 Å². The van der Waals surface area contributed by atoms with Crippen LogP contribution in [-0.4, -0.2) is 29.3 Å². The first-order valence-electron chi connectivity index (χ1n) is 9.81. The molecule has 5 nitrogen and oxygen atoms in total. The van der Waals surface area contributed by atoms with Gasteiger partial charge in [-0.3, -0.25) is 0 Å². The Morgan fingerprint density at radius 2 is 1.93 bits per heavy atom. The molecule has 2 heterocycles. The van der Waals surface area contributed by atoms with Crippen molar-refractivity contribution < 1.29 is 19.6 Å². The molecule has 2 N–H and O–H groups in total. The molecule has 0 unspecified atom stereocenters. The van der Waals surface area contributed by atoms with Gasteiger partial charge in [-0.05, 0) is 36.3 Å². The number of hydrogen-bond donors (Lipinski definition) is 2. The summed E-state index contributed by atoms with van der Waals surface area (Å²) in [4.78, 5) is 14.8. The van der Waals surface area contributed by atoms with Crippen molar-refractivity contribution in [3.63, 3.8) is 0 Å². The summed E-state index contributed by atoms with van der Waals surface area (Å²) in [5.74, 6) is -0.856. The number of carbonyl (C=O) groups is 1. The van der Waals surface area contributed by atoms with E-state index in [4.69, 9.17) is 0 Å². The number of thioether (sulfide) groups is 1. The number of anilines is 1. The van der Waals surface area contributed by atoms with E-state index in [2.05, 4.69) is 36.1 Å². The first-order chi connectivity index (χ1) is 14.6. The molecule has 0 radical (unpaired) electrons. The van der Waals surface area contributed by atoms with Gasteiger partial charge >= 0.3 is 5.97 Å². The number of β-amino-alcohol motifs (C(OH)–C–C–N with tert-alkyl or cyclic N) is 1. The summed E-state index contributed by atoms with van der Waals surface area (Å²) < 4.78 is 2.93. The van der Waals surface area contributed by atoms with Gasteiger partial charge in [-0.1, -0.05) is 54.3 Å². The first-order valence-corrected chi connectivity index (χ1v) is 11.4. The summed E-state index contributed by atoms with van der Waals surface area (Å²) in [5.41, 5.74) is 3.16. The molecule has 0 saturated heterocycles. The molecule has 1 aliphatic heterocycles. The number of fused-ring (bicyclic) bond motifs is 2. The quantitative estimate of drug-likeness (QED) is 0.530. The van der Waals surface area contributed by atoms with Crippen molar-refractivity contribution >= 4 is 51.0 Å². The maximum absolute atomic E-state index is 11.5. The van der Waals surface area contributed by atoms with Crippen LogP contribution in [0.25, 0.3) is 16.3 Å². The number of aliphatic hydroxyl groups excluding tert-OH is 1. The number of hydrogen-bond acceptors (Lipinski definition) is 5. The summed E-state index contributed by atoms with van der Waals surface area (Å²) in [6.45, 7) is 2.64. The molecular formula is C23H23N2O3S2+. The van der Waals surface area contributed by atoms with E-state index in [1.165, 1.54) is 4.90 Å². The highest BCUT2D eigenvalue weighted by Crippen LogP contribution is 2.46. The van der Waals surface area contributed by atoms with Gasteiger partial charge < -0.3 is 15.1 Å². The molecule has 3 aromatic rings. The second-order valence-corrected chi connectivity index (χ2v) is 9.01. The molecule has 0 aliphatic carbocycles. The Bertz CT molecular complexity index is 1150. The van der Waals surface area contributed by atoms with E-state index in [-0.39, 0.29) is 13.2 Å². The molecule has 7 heteroatoms. The fraction of sp³-hybridized carbons (Fsp3) is 0.217. The highest BCUT2D eigenvalue weighted by Gasteiger charge is 2.25. The number of benzene rings is 2. The van der Waals surface area contributed by atoms with Crippen LogP contribution in [0.5, 0.6) is 0 Å². The Balaban J connectivity index is 1.75. The van der Waals surface area contributed by atoms with Gasteiger partial charge in [-0.2, -0.15) is 4.57 Å². The second-order valence-electron chi connectivity index (χ2n) is 6.89. The van der Waals surface area contributed by atoms with Gasteiger partial charge in [0.15, 0.2) is 0 Å². The predicted octanol–water partition coefficient (Wildman–Crippen LogP) is 4.51. The average molecular weight is 440 g/mol. The smallest absolute Gasteiger partial charge is 0.370 e. The van der Waals surface area contributed by atoms with E-state index >= 15 is 0 Å². The molecule has 1 aromatic heterocycles. The third kappa shape index (κ3) is 4.14. The molecule has 4 rings (SSSR count). The van der Waals surface area contributed by atoms with Crippen molar-refractivity contribution in [3.05, 3.63) is 70.2 Å². The molecule has 0 bridgehead atoms. The third-order valence-electron chi connectivity index (χ3n) is 4.92. The minimum atomic E-state index is -0.856. The Kier molecular flexibility index (Phi) is 6.22. The number of nitrogens with zero attached hydrogens (tertiary/aromatic N) is 2. The van der Waals surface area contributed by atoms with Crippen LogP contribution in [0.3, 0.4) is 0 Å². The standard InChI is InChI=1S/C23H22N2O3S2/c1-2-16(13-21-24(11-12-26)17-7-3-5-9-19(17)29-21)14-22-25(15-23(27)28)18-8-4-6-10-20(18)30-22/h3-10,13-14,26H,2,11-12,15H2,1H3/p+1. The fourth-order valence-electron chi connectivity index (χ4n) is 3.51. The Morgan fingerprint density at radius 1 is 1.17 bits per heavy atom. The molecule has 0 fully saturated rings. The SMILES string of the molecule is CCC(=Cc1sc2ccccc2[n+]1CC(=O)O)C=C1Sc2ccccc2N1CCO. The molecule has 30 heavy (non-hydrogen) atoms. The van der Waals surface area contributed by atoms with Crippen molar-refractivity contribution in [2.45, 2.75) is 24.8 Å². The Hall–Kier alpha value is -2.61. The zero-order valence-corrected chi connectivity index (χ0v) is 18.2. The van der Waals surface area contributed by atoms with Crippen LogP contribution in [0.15, 0.2) is 70.1 Å². The van der Waals surface area contributed by atoms with Crippen molar-refractivity contribution in [2.75, 3.05) is 18.1 Å². The van der Waals surface area contributed by atoms with Crippen molar-refractivity contribution in [3.8, 4) is 0 Å². The summed E-state index contributed by atoms with van der Waals surface area (Å²) in [7, 11) is 0. The largest absolute Gasteiger partial charge is 0.477 e. The van der Waals surface area contributed by atoms with Crippen LogP contribution >= 0.6 is 23.1 Å². The van der Waals surface area contributed by atoms with Gasteiger partial charge in [0.25, 0.3) is 5.01 Å². The summed E-state index contributed by atoms with van der Waals surface area (Å²) >= 11 is 3.30. The van der Waals surface area contributed by atoms with Crippen LogP contribution in [0.4, 0.5) is 5.69 Å². The molecule has 0 saturated carbocycles. The third-order valence-corrected chi connectivity index (χ3v) is 7.14. The first kappa shape index (κ1) is 20.7. The molecule has 1 aliphatic rings. The highest BCUT2D eigenvalue weighted by molar-refractivity contribution is 8.03. The lowest BCUT2D eigenvalue weighted by molar-refractivity contribution is -0.657. The number of allylic oxidation sites excluding steroid dienone is 2. The number of thiazole rings is 1. The predicted molar refractivity (Wildman–Crippen MR) is 123 cm³/mol. The molecule has 0 amide bonds. The number of rotatable bonds is 7. The molecule has 0 spiro atoms. The van der Waals surface area contributed by atoms with E-state index in [1.807, 2.05) is 41.0 Å². The van der Waals surface area contributed by atoms with Crippen LogP contribution in [0.1, 0.15) is 18.4 Å². The molecule has 2 aromatic carbocycles. The maximum atomic E-state index is 11.5. The van der Waals surface area contributed by atoms with Crippen LogP contribution in [0.2, 0.25) is 0 Å². The van der Waals surface area contributed by atoms with Crippen molar-refractivity contribution in [1.82, 2.24) is 0 Å². The normalized spacial score (nSPS) is 15.2. The van der Waals surface area contributed by atoms with E-state index in [0.29, 0.717) is 6.54 Å². The average Bonchev–Trinajstić information content (AvgIpc) is 3.26. The van der Waals surface area contributed by atoms with E-state index < -0.39 is 5.97 Å². The van der Waals surface area contributed by atoms with Crippen LogP contribution < -0.4 is 9.47 Å². The number of aliphatic hydroxyl groups is 1. The van der Waals surface area contributed by atoms with E-state index in [0.717, 1.165) is 37.9 Å². The van der Waals surface area contributed by atoms with Gasteiger partial charge in [-0.15, -0.1) is 0 Å². The lowest BCUT2D eigenvalue weighted by atomic mass is 10.2. The number of carboxylic acids is 1. The lowest BCUT2D eigenvalue weighted by Crippen LogP contribution is -2.39. The summed E-state index contributed by atoms with van der Waals surface area (Å²) in [5, 5.41) is 20.9. The molecular weight excluding hydrogens is 416 g/mol. The Labute approximate surface area is 183 Å². The fourth-order valence-corrected chi connectivity index (χ4v) is 5.82. The van der Waals surface area contributed by atoms with Gasteiger partial charge in [-0.25, -0.2) is 4.79 Å². The zero-order chi connectivity index (χ0) is 21.1. The number of aliphatic carboxylic acids is 1.